The van der Waals surface area contributed by atoms with Gasteiger partial charge in [0.25, 0.3) is 0 Å². The van der Waals surface area contributed by atoms with Crippen molar-refractivity contribution in [2.24, 2.45) is 5.92 Å². The van der Waals surface area contributed by atoms with Gasteiger partial charge in [-0.2, -0.15) is 4.31 Å². The summed E-state index contributed by atoms with van der Waals surface area (Å²) in [5, 5.41) is 3.74. The van der Waals surface area contributed by atoms with Crippen molar-refractivity contribution in [2.75, 3.05) is 32.7 Å². The van der Waals surface area contributed by atoms with Crippen molar-refractivity contribution in [3.8, 4) is 0 Å². The number of benzene rings is 1. The van der Waals surface area contributed by atoms with E-state index in [1.165, 1.54) is 4.31 Å². The molecule has 2 aliphatic rings. The molecule has 3 heterocycles. The summed E-state index contributed by atoms with van der Waals surface area (Å²) in [6.45, 7) is 6.50. The molecule has 2 saturated heterocycles. The Hall–Kier alpha value is -2.72. The smallest absolute Gasteiger partial charge is 0.248 e. The van der Waals surface area contributed by atoms with Gasteiger partial charge in [0, 0.05) is 39.1 Å². The fraction of sp³-hybridized carbons (Fsp3) is 0.500. The molecule has 32 heavy (non-hydrogen) atoms. The first-order valence-corrected chi connectivity index (χ1v) is 12.2. The molecule has 0 radical (unpaired) electrons. The number of likely N-dealkylation sites (tertiary alicyclic amines) is 1. The van der Waals surface area contributed by atoms with Crippen LogP contribution in [0.1, 0.15) is 36.4 Å². The van der Waals surface area contributed by atoms with Gasteiger partial charge in [0.2, 0.25) is 21.8 Å². The lowest BCUT2D eigenvalue weighted by molar-refractivity contribution is -0.137. The average molecular weight is 461 g/mol. The molecule has 1 aromatic carbocycles. The highest BCUT2D eigenvalue weighted by Crippen LogP contribution is 2.30. The lowest BCUT2D eigenvalue weighted by Crippen LogP contribution is -2.52. The summed E-state index contributed by atoms with van der Waals surface area (Å²) in [5.41, 5.74) is 1.37. The molecule has 2 aliphatic heterocycles. The van der Waals surface area contributed by atoms with Gasteiger partial charge in [0.1, 0.15) is 10.6 Å². The van der Waals surface area contributed by atoms with Gasteiger partial charge in [-0.3, -0.25) is 9.59 Å². The molecule has 172 valence electrons. The number of aromatic nitrogens is 1. The number of amides is 2. The van der Waals surface area contributed by atoms with Crippen LogP contribution in [0.3, 0.4) is 0 Å². The van der Waals surface area contributed by atoms with Gasteiger partial charge in [-0.05, 0) is 26.3 Å². The molecule has 0 aliphatic carbocycles. The van der Waals surface area contributed by atoms with Crippen molar-refractivity contribution in [3.05, 3.63) is 47.3 Å². The predicted octanol–water partition coefficient (Wildman–Crippen LogP) is 1.73. The fourth-order valence-corrected chi connectivity index (χ4v) is 6.28. The monoisotopic (exact) mass is 460 g/mol. The minimum atomic E-state index is -3.73. The summed E-state index contributed by atoms with van der Waals surface area (Å²) >= 11 is 0. The van der Waals surface area contributed by atoms with E-state index < -0.39 is 15.9 Å². The molecule has 0 N–H and O–H groups in total. The van der Waals surface area contributed by atoms with Crippen molar-refractivity contribution in [1.29, 1.82) is 0 Å². The third-order valence-electron chi connectivity index (χ3n) is 6.37. The van der Waals surface area contributed by atoms with Crippen molar-refractivity contribution in [1.82, 2.24) is 19.3 Å². The number of aryl methyl sites for hydroxylation is 2. The molecule has 2 amide bonds. The maximum atomic E-state index is 13.1. The Morgan fingerprint density at radius 2 is 1.78 bits per heavy atom. The predicted molar refractivity (Wildman–Crippen MR) is 116 cm³/mol. The maximum Gasteiger partial charge on any atom is 0.248 e. The molecule has 2 fully saturated rings. The van der Waals surface area contributed by atoms with Crippen LogP contribution < -0.4 is 0 Å². The summed E-state index contributed by atoms with van der Waals surface area (Å²) < 4.78 is 32.4. The molecule has 2 atom stereocenters. The number of hydrogen-bond donors (Lipinski definition) is 0. The molecule has 2 aromatic rings. The van der Waals surface area contributed by atoms with Gasteiger partial charge >= 0.3 is 0 Å². The van der Waals surface area contributed by atoms with Crippen LogP contribution in [0.5, 0.6) is 0 Å². The van der Waals surface area contributed by atoms with Gasteiger partial charge in [-0.1, -0.05) is 35.5 Å². The number of rotatable bonds is 5. The molecule has 4 rings (SSSR count). The second-order valence-corrected chi connectivity index (χ2v) is 10.3. The van der Waals surface area contributed by atoms with E-state index in [2.05, 4.69) is 5.16 Å². The van der Waals surface area contributed by atoms with Crippen LogP contribution in [0.25, 0.3) is 0 Å². The zero-order valence-corrected chi connectivity index (χ0v) is 19.3. The fourth-order valence-electron chi connectivity index (χ4n) is 4.56. The van der Waals surface area contributed by atoms with Crippen LogP contribution in [0.2, 0.25) is 0 Å². The molecular weight excluding hydrogens is 432 g/mol. The minimum Gasteiger partial charge on any atom is -0.360 e. The lowest BCUT2D eigenvalue weighted by atomic mass is 10.1. The van der Waals surface area contributed by atoms with Gasteiger partial charge < -0.3 is 14.3 Å². The van der Waals surface area contributed by atoms with Crippen molar-refractivity contribution in [2.45, 2.75) is 38.1 Å². The van der Waals surface area contributed by atoms with Crippen molar-refractivity contribution >= 4 is 21.8 Å². The second kappa shape index (κ2) is 8.67. The Labute approximate surface area is 188 Å². The third-order valence-corrected chi connectivity index (χ3v) is 8.52. The van der Waals surface area contributed by atoms with Crippen molar-refractivity contribution in [3.63, 3.8) is 0 Å². The number of nitrogens with zero attached hydrogens (tertiary/aromatic N) is 4. The minimum absolute atomic E-state index is 0.0284. The lowest BCUT2D eigenvalue weighted by Gasteiger charge is -2.35. The van der Waals surface area contributed by atoms with Gasteiger partial charge in [0.15, 0.2) is 5.76 Å². The SMILES string of the molecule is Cc1noc(C)c1S(=O)(=O)N1CCN(C(=O)[C@@H]2CC(=O)N([C@H](C)c3ccccc3)C2)CC1. The van der Waals surface area contributed by atoms with E-state index in [0.29, 0.717) is 25.3 Å². The molecule has 9 nitrogen and oxygen atoms in total. The Balaban J connectivity index is 1.38. The highest BCUT2D eigenvalue weighted by atomic mass is 32.2. The summed E-state index contributed by atoms with van der Waals surface area (Å²) in [6.07, 6.45) is 0.188. The highest BCUT2D eigenvalue weighted by Gasteiger charge is 2.40. The topological polar surface area (TPSA) is 104 Å². The molecule has 1 aromatic heterocycles. The Morgan fingerprint density at radius 3 is 2.38 bits per heavy atom. The van der Waals surface area contributed by atoms with E-state index >= 15 is 0 Å². The molecule has 0 bridgehead atoms. The molecule has 10 heteroatoms. The summed E-state index contributed by atoms with van der Waals surface area (Å²) in [4.78, 5) is 29.3. The van der Waals surface area contributed by atoms with E-state index in [4.69, 9.17) is 4.52 Å². The van der Waals surface area contributed by atoms with Crippen molar-refractivity contribution < 1.29 is 22.5 Å². The first kappa shape index (κ1) is 22.5. The van der Waals surface area contributed by atoms with E-state index in [9.17, 15) is 18.0 Å². The van der Waals surface area contributed by atoms with E-state index in [-0.39, 0.29) is 48.0 Å². The number of hydrogen-bond acceptors (Lipinski definition) is 6. The largest absolute Gasteiger partial charge is 0.360 e. The summed E-state index contributed by atoms with van der Waals surface area (Å²) in [6, 6.07) is 9.66. The van der Waals surface area contributed by atoms with Gasteiger partial charge in [-0.25, -0.2) is 8.42 Å². The van der Waals surface area contributed by atoms with Crippen LogP contribution >= 0.6 is 0 Å². The number of carbonyl (C=O) groups is 2. The van der Waals surface area contributed by atoms with Crippen LogP contribution in [-0.4, -0.2) is 72.2 Å². The van der Waals surface area contributed by atoms with Crippen LogP contribution in [0.15, 0.2) is 39.8 Å². The van der Waals surface area contributed by atoms with Crippen LogP contribution in [0.4, 0.5) is 0 Å². The molecule has 0 unspecified atom stereocenters. The first-order valence-electron chi connectivity index (χ1n) is 10.8. The Kier molecular flexibility index (Phi) is 6.09. The molecule has 0 spiro atoms. The number of carbonyl (C=O) groups excluding carboxylic acids is 2. The standard InChI is InChI=1S/C22H28N4O5S/c1-15-21(17(3)31-23-15)32(29,30)25-11-9-24(10-12-25)22(28)19-13-20(27)26(14-19)16(2)18-7-5-4-6-8-18/h4-8,16,19H,9-14H2,1-3H3/t16-,19-/m1/s1. The summed E-state index contributed by atoms with van der Waals surface area (Å²) in [7, 11) is -3.73. The Bertz CT molecular complexity index is 1090. The molecule has 0 saturated carbocycles. The number of sulfonamides is 1. The van der Waals surface area contributed by atoms with E-state index in [0.717, 1.165) is 5.56 Å². The number of piperazine rings is 1. The highest BCUT2D eigenvalue weighted by molar-refractivity contribution is 7.89. The Morgan fingerprint density at radius 1 is 1.12 bits per heavy atom. The van der Waals surface area contributed by atoms with E-state index in [1.807, 2.05) is 37.3 Å². The zero-order chi connectivity index (χ0) is 23.0. The second-order valence-electron chi connectivity index (χ2n) is 8.42. The summed E-state index contributed by atoms with van der Waals surface area (Å²) in [5.74, 6) is -0.257. The zero-order valence-electron chi connectivity index (χ0n) is 18.5. The van der Waals surface area contributed by atoms with E-state index in [1.54, 1.807) is 23.6 Å². The normalized spacial score (nSPS) is 21.2. The average Bonchev–Trinajstić information content (AvgIpc) is 3.35. The third kappa shape index (κ3) is 4.04. The quantitative estimate of drug-likeness (QED) is 0.673. The van der Waals surface area contributed by atoms with Crippen LogP contribution in [-0.2, 0) is 19.6 Å². The maximum absolute atomic E-state index is 13.1. The first-order chi connectivity index (χ1) is 15.2. The molecular formula is C22H28N4O5S. The van der Waals surface area contributed by atoms with Crippen LogP contribution in [0, 0.1) is 19.8 Å². The van der Waals surface area contributed by atoms with Gasteiger partial charge in [-0.15, -0.1) is 0 Å². The van der Waals surface area contributed by atoms with Gasteiger partial charge in [0.05, 0.1) is 12.0 Å².